The van der Waals surface area contributed by atoms with Crippen LogP contribution in [0.15, 0.2) is 48.8 Å². The maximum Gasteiger partial charge on any atom is 0.253 e. The predicted molar refractivity (Wildman–Crippen MR) is 92.4 cm³/mol. The van der Waals surface area contributed by atoms with Crippen molar-refractivity contribution in [3.05, 3.63) is 60.2 Å². The fourth-order valence-electron chi connectivity index (χ4n) is 4.44. The fourth-order valence-corrected chi connectivity index (χ4v) is 4.44. The van der Waals surface area contributed by atoms with Gasteiger partial charge in [0.2, 0.25) is 0 Å². The second-order valence-corrected chi connectivity index (χ2v) is 7.06. The van der Waals surface area contributed by atoms with E-state index in [1.165, 1.54) is 19.3 Å². The van der Waals surface area contributed by atoms with E-state index in [0.29, 0.717) is 17.8 Å². The molecule has 4 heteroatoms. The van der Waals surface area contributed by atoms with Crippen LogP contribution in [0.1, 0.15) is 35.4 Å². The van der Waals surface area contributed by atoms with Gasteiger partial charge in [-0.2, -0.15) is 0 Å². The Balaban J connectivity index is 1.47. The highest BCUT2D eigenvalue weighted by Gasteiger charge is 2.41. The molecule has 4 nitrogen and oxygen atoms in total. The lowest BCUT2D eigenvalue weighted by molar-refractivity contribution is 0.0781. The number of benzene rings is 1. The van der Waals surface area contributed by atoms with Gasteiger partial charge < -0.3 is 4.90 Å². The predicted octanol–water partition coefficient (Wildman–Crippen LogP) is 3.21. The number of rotatable bonds is 3. The molecule has 1 saturated heterocycles. The maximum absolute atomic E-state index is 12.8. The zero-order chi connectivity index (χ0) is 16.4. The highest BCUT2D eigenvalue weighted by atomic mass is 16.2. The van der Waals surface area contributed by atoms with E-state index in [0.717, 1.165) is 30.9 Å². The molecule has 2 aliphatic rings. The van der Waals surface area contributed by atoms with Gasteiger partial charge >= 0.3 is 0 Å². The third-order valence-electron chi connectivity index (χ3n) is 5.62. The topological polar surface area (TPSA) is 46.1 Å². The van der Waals surface area contributed by atoms with Gasteiger partial charge in [0, 0.05) is 37.5 Å². The molecule has 1 saturated carbocycles. The Kier molecular flexibility index (Phi) is 4.28. The minimum Gasteiger partial charge on any atom is -0.338 e. The SMILES string of the molecule is O=C(c1ccccc1)N1C[C@H]2CCC[C@H](Cc3ncccn3)[C@H]2C1. The van der Waals surface area contributed by atoms with Crippen LogP contribution in [0, 0.1) is 17.8 Å². The first-order chi connectivity index (χ1) is 11.8. The number of amides is 1. The van der Waals surface area contributed by atoms with Gasteiger partial charge in [0.1, 0.15) is 5.82 Å². The Hall–Kier alpha value is -2.23. The van der Waals surface area contributed by atoms with Crippen LogP contribution in [0.2, 0.25) is 0 Å². The molecule has 1 aliphatic heterocycles. The van der Waals surface area contributed by atoms with Gasteiger partial charge in [-0.05, 0) is 48.8 Å². The van der Waals surface area contributed by atoms with Gasteiger partial charge in [-0.25, -0.2) is 9.97 Å². The van der Waals surface area contributed by atoms with Gasteiger partial charge in [0.15, 0.2) is 0 Å². The summed E-state index contributed by atoms with van der Waals surface area (Å²) in [5, 5.41) is 0. The lowest BCUT2D eigenvalue weighted by Crippen LogP contribution is -2.30. The van der Waals surface area contributed by atoms with Crippen molar-refractivity contribution >= 4 is 5.91 Å². The van der Waals surface area contributed by atoms with Crippen molar-refractivity contribution in [1.82, 2.24) is 14.9 Å². The summed E-state index contributed by atoms with van der Waals surface area (Å²) in [5.74, 6) is 2.95. The molecule has 3 atom stereocenters. The van der Waals surface area contributed by atoms with E-state index in [1.54, 1.807) is 0 Å². The zero-order valence-electron chi connectivity index (χ0n) is 13.8. The Labute approximate surface area is 142 Å². The van der Waals surface area contributed by atoms with Gasteiger partial charge in [0.25, 0.3) is 5.91 Å². The number of carbonyl (C=O) groups is 1. The van der Waals surface area contributed by atoms with Crippen molar-refractivity contribution < 1.29 is 4.79 Å². The van der Waals surface area contributed by atoms with E-state index in [9.17, 15) is 4.79 Å². The molecule has 0 bridgehead atoms. The summed E-state index contributed by atoms with van der Waals surface area (Å²) in [6.07, 6.45) is 8.31. The molecule has 0 unspecified atom stereocenters. The third kappa shape index (κ3) is 3.05. The number of fused-ring (bicyclic) bond motifs is 1. The van der Waals surface area contributed by atoms with Crippen molar-refractivity contribution in [2.45, 2.75) is 25.7 Å². The molecule has 1 aromatic carbocycles. The molecule has 0 spiro atoms. The largest absolute Gasteiger partial charge is 0.338 e. The summed E-state index contributed by atoms with van der Waals surface area (Å²) in [6.45, 7) is 1.79. The molecule has 1 amide bonds. The normalized spacial score (nSPS) is 26.2. The van der Waals surface area contributed by atoms with Gasteiger partial charge in [-0.15, -0.1) is 0 Å². The number of aromatic nitrogens is 2. The molecule has 124 valence electrons. The quantitative estimate of drug-likeness (QED) is 0.872. The van der Waals surface area contributed by atoms with Gasteiger partial charge in [0.05, 0.1) is 0 Å². The van der Waals surface area contributed by atoms with E-state index in [4.69, 9.17) is 0 Å². The molecule has 24 heavy (non-hydrogen) atoms. The molecule has 2 heterocycles. The monoisotopic (exact) mass is 321 g/mol. The average molecular weight is 321 g/mol. The van der Waals surface area contributed by atoms with Crippen LogP contribution in [-0.4, -0.2) is 33.9 Å². The van der Waals surface area contributed by atoms with Crippen LogP contribution in [0.25, 0.3) is 0 Å². The lowest BCUT2D eigenvalue weighted by atomic mass is 9.72. The Morgan fingerprint density at radius 1 is 1.04 bits per heavy atom. The summed E-state index contributed by atoms with van der Waals surface area (Å²) >= 11 is 0. The number of nitrogens with zero attached hydrogens (tertiary/aromatic N) is 3. The molecule has 1 aromatic heterocycles. The highest BCUT2D eigenvalue weighted by molar-refractivity contribution is 5.94. The van der Waals surface area contributed by atoms with E-state index in [1.807, 2.05) is 48.8 Å². The minimum atomic E-state index is 0.180. The lowest BCUT2D eigenvalue weighted by Gasteiger charge is -2.32. The number of carbonyl (C=O) groups excluding carboxylic acids is 1. The Morgan fingerprint density at radius 2 is 1.83 bits per heavy atom. The van der Waals surface area contributed by atoms with Crippen molar-refractivity contribution in [2.75, 3.05) is 13.1 Å². The van der Waals surface area contributed by atoms with E-state index >= 15 is 0 Å². The first-order valence-electron chi connectivity index (χ1n) is 8.91. The number of hydrogen-bond acceptors (Lipinski definition) is 3. The first kappa shape index (κ1) is 15.3. The van der Waals surface area contributed by atoms with Crippen LogP contribution >= 0.6 is 0 Å². The molecule has 0 N–H and O–H groups in total. The number of likely N-dealkylation sites (tertiary alicyclic amines) is 1. The van der Waals surface area contributed by atoms with Crippen LogP contribution < -0.4 is 0 Å². The van der Waals surface area contributed by atoms with Crippen LogP contribution in [0.3, 0.4) is 0 Å². The van der Waals surface area contributed by atoms with E-state index in [2.05, 4.69) is 14.9 Å². The molecular weight excluding hydrogens is 298 g/mol. The summed E-state index contributed by atoms with van der Waals surface area (Å²) < 4.78 is 0. The fraction of sp³-hybridized carbons (Fsp3) is 0.450. The van der Waals surface area contributed by atoms with Crippen molar-refractivity contribution in [2.24, 2.45) is 17.8 Å². The minimum absolute atomic E-state index is 0.180. The van der Waals surface area contributed by atoms with E-state index < -0.39 is 0 Å². The molecule has 2 aromatic rings. The standard InChI is InChI=1S/C20H23N3O/c24-20(15-6-2-1-3-7-15)23-13-17-9-4-8-16(18(17)14-23)12-19-21-10-5-11-22-19/h1-3,5-7,10-11,16-18H,4,8-9,12-14H2/t16-,17-,18-/m1/s1. The van der Waals surface area contributed by atoms with Crippen molar-refractivity contribution in [3.8, 4) is 0 Å². The Bertz CT molecular complexity index is 689. The number of hydrogen-bond donors (Lipinski definition) is 0. The maximum atomic E-state index is 12.8. The molecule has 1 aliphatic carbocycles. The summed E-state index contributed by atoms with van der Waals surface area (Å²) in [5.41, 5.74) is 0.805. The van der Waals surface area contributed by atoms with Crippen LogP contribution in [0.5, 0.6) is 0 Å². The summed E-state index contributed by atoms with van der Waals surface area (Å²) in [4.78, 5) is 23.6. The molecular formula is C20H23N3O. The van der Waals surface area contributed by atoms with Gasteiger partial charge in [-0.1, -0.05) is 24.6 Å². The smallest absolute Gasteiger partial charge is 0.253 e. The van der Waals surface area contributed by atoms with E-state index in [-0.39, 0.29) is 5.91 Å². The Morgan fingerprint density at radius 3 is 2.62 bits per heavy atom. The second-order valence-electron chi connectivity index (χ2n) is 7.06. The van der Waals surface area contributed by atoms with Crippen LogP contribution in [-0.2, 0) is 6.42 Å². The second kappa shape index (κ2) is 6.71. The van der Waals surface area contributed by atoms with Crippen molar-refractivity contribution in [3.63, 3.8) is 0 Å². The highest BCUT2D eigenvalue weighted by Crippen LogP contribution is 2.41. The molecule has 2 fully saturated rings. The third-order valence-corrected chi connectivity index (χ3v) is 5.62. The molecule has 4 rings (SSSR count). The first-order valence-corrected chi connectivity index (χ1v) is 8.91. The van der Waals surface area contributed by atoms with Crippen molar-refractivity contribution in [1.29, 1.82) is 0 Å². The van der Waals surface area contributed by atoms with Gasteiger partial charge in [-0.3, -0.25) is 4.79 Å². The van der Waals surface area contributed by atoms with Crippen LogP contribution in [0.4, 0.5) is 0 Å². The zero-order valence-corrected chi connectivity index (χ0v) is 13.8. The summed E-state index contributed by atoms with van der Waals surface area (Å²) in [6, 6.07) is 11.5. The average Bonchev–Trinajstić information content (AvgIpc) is 3.08. The molecule has 0 radical (unpaired) electrons. The summed E-state index contributed by atoms with van der Waals surface area (Å²) in [7, 11) is 0.